The summed E-state index contributed by atoms with van der Waals surface area (Å²) < 4.78 is 0. The third-order valence-corrected chi connectivity index (χ3v) is 5.69. The molecule has 4 rings (SSSR count). The van der Waals surface area contributed by atoms with Crippen LogP contribution in [0, 0.1) is 0 Å². The molecule has 1 unspecified atom stereocenters. The topological polar surface area (TPSA) is 35.6 Å². The Hall–Kier alpha value is -2.33. The second kappa shape index (κ2) is 7.50. The van der Waals surface area contributed by atoms with E-state index in [1.165, 1.54) is 16.8 Å². The molecule has 0 radical (unpaired) electrons. The Morgan fingerprint density at radius 1 is 1.00 bits per heavy atom. The maximum absolute atomic E-state index is 12.8. The number of carbonyl (C=O) groups excluding carboxylic acids is 1. The third-order valence-electron chi connectivity index (χ3n) is 5.69. The van der Waals surface area contributed by atoms with E-state index >= 15 is 0 Å². The van der Waals surface area contributed by atoms with Crippen LogP contribution >= 0.6 is 0 Å². The maximum atomic E-state index is 12.8. The van der Waals surface area contributed by atoms with Crippen LogP contribution in [-0.2, 0) is 11.2 Å². The molecule has 1 atom stereocenters. The summed E-state index contributed by atoms with van der Waals surface area (Å²) in [7, 11) is 2.17. The molecule has 4 nitrogen and oxygen atoms in total. The number of piperazine rings is 1. The SMILES string of the molecule is CN1CCN(c2ccc(NC(=O)C3CCCc4ccccc43)cc2)CC1. The Kier molecular flexibility index (Phi) is 4.93. The third kappa shape index (κ3) is 3.61. The fraction of sp³-hybridized carbons (Fsp3) is 0.409. The molecule has 4 heteroatoms. The number of hydrogen-bond donors (Lipinski definition) is 1. The van der Waals surface area contributed by atoms with Crippen LogP contribution in [-0.4, -0.2) is 44.0 Å². The van der Waals surface area contributed by atoms with E-state index in [9.17, 15) is 4.79 Å². The lowest BCUT2D eigenvalue weighted by atomic mass is 9.82. The first kappa shape index (κ1) is 17.1. The van der Waals surface area contributed by atoms with Gasteiger partial charge in [0.15, 0.2) is 0 Å². The Morgan fingerprint density at radius 3 is 2.50 bits per heavy atom. The number of likely N-dealkylation sites (N-methyl/N-ethyl adjacent to an activating group) is 1. The molecule has 1 amide bonds. The molecule has 0 bridgehead atoms. The van der Waals surface area contributed by atoms with Crippen molar-refractivity contribution in [1.29, 1.82) is 0 Å². The van der Waals surface area contributed by atoms with E-state index in [0.717, 1.165) is 51.1 Å². The van der Waals surface area contributed by atoms with Gasteiger partial charge in [-0.25, -0.2) is 0 Å². The minimum absolute atomic E-state index is 0.0303. The molecule has 0 saturated carbocycles. The molecule has 136 valence electrons. The van der Waals surface area contributed by atoms with E-state index < -0.39 is 0 Å². The summed E-state index contributed by atoms with van der Waals surface area (Å²) >= 11 is 0. The standard InChI is InChI=1S/C22H27N3O/c1-24-13-15-25(16-14-24)19-11-9-18(10-12-19)23-22(26)21-8-4-6-17-5-2-3-7-20(17)21/h2-3,5,7,9-12,21H,4,6,8,13-16H2,1H3,(H,23,26). The van der Waals surface area contributed by atoms with Crippen molar-refractivity contribution in [2.75, 3.05) is 43.4 Å². The molecule has 1 aliphatic heterocycles. The van der Waals surface area contributed by atoms with Crippen LogP contribution in [0.2, 0.25) is 0 Å². The molecule has 2 aromatic carbocycles. The second-order valence-electron chi connectivity index (χ2n) is 7.47. The first-order valence-electron chi connectivity index (χ1n) is 9.63. The summed E-state index contributed by atoms with van der Waals surface area (Å²) in [6.45, 7) is 4.31. The smallest absolute Gasteiger partial charge is 0.231 e. The lowest BCUT2D eigenvalue weighted by molar-refractivity contribution is -0.117. The predicted molar refractivity (Wildman–Crippen MR) is 107 cm³/mol. The molecule has 1 saturated heterocycles. The first-order valence-corrected chi connectivity index (χ1v) is 9.63. The summed E-state index contributed by atoms with van der Waals surface area (Å²) in [6.07, 6.45) is 3.10. The molecule has 1 fully saturated rings. The number of hydrogen-bond acceptors (Lipinski definition) is 3. The van der Waals surface area contributed by atoms with E-state index in [1.54, 1.807) is 0 Å². The first-order chi connectivity index (χ1) is 12.7. The van der Waals surface area contributed by atoms with Gasteiger partial charge in [-0.15, -0.1) is 0 Å². The highest BCUT2D eigenvalue weighted by Crippen LogP contribution is 2.32. The lowest BCUT2D eigenvalue weighted by Crippen LogP contribution is -2.44. The molecule has 0 aromatic heterocycles. The van der Waals surface area contributed by atoms with Crippen LogP contribution in [0.3, 0.4) is 0 Å². The highest BCUT2D eigenvalue weighted by molar-refractivity contribution is 5.96. The van der Waals surface area contributed by atoms with Crippen molar-refractivity contribution in [2.24, 2.45) is 0 Å². The minimum atomic E-state index is -0.0303. The zero-order valence-electron chi connectivity index (χ0n) is 15.4. The van der Waals surface area contributed by atoms with Gasteiger partial charge in [0.2, 0.25) is 5.91 Å². The van der Waals surface area contributed by atoms with Crippen LogP contribution in [0.4, 0.5) is 11.4 Å². The van der Waals surface area contributed by atoms with Crippen molar-refractivity contribution in [2.45, 2.75) is 25.2 Å². The molecular formula is C22H27N3O. The van der Waals surface area contributed by atoms with Gasteiger partial charge in [-0.3, -0.25) is 4.79 Å². The van der Waals surface area contributed by atoms with Crippen LogP contribution < -0.4 is 10.2 Å². The summed E-state index contributed by atoms with van der Waals surface area (Å²) in [4.78, 5) is 17.6. The zero-order chi connectivity index (χ0) is 17.9. The van der Waals surface area contributed by atoms with Gasteiger partial charge < -0.3 is 15.1 Å². The van der Waals surface area contributed by atoms with Crippen LogP contribution in [0.5, 0.6) is 0 Å². The number of amides is 1. The monoisotopic (exact) mass is 349 g/mol. The van der Waals surface area contributed by atoms with Gasteiger partial charge in [-0.1, -0.05) is 24.3 Å². The average Bonchev–Trinajstić information content (AvgIpc) is 2.69. The van der Waals surface area contributed by atoms with Crippen molar-refractivity contribution in [3.63, 3.8) is 0 Å². The molecule has 0 spiro atoms. The van der Waals surface area contributed by atoms with Gasteiger partial charge in [0.05, 0.1) is 5.92 Å². The number of nitrogens with zero attached hydrogens (tertiary/aromatic N) is 2. The normalized spacial score (nSPS) is 20.5. The van der Waals surface area contributed by atoms with Crippen LogP contribution in [0.25, 0.3) is 0 Å². The number of rotatable bonds is 3. The van der Waals surface area contributed by atoms with Gasteiger partial charge in [-0.05, 0) is 61.7 Å². The summed E-state index contributed by atoms with van der Waals surface area (Å²) in [5.41, 5.74) is 4.64. The minimum Gasteiger partial charge on any atom is -0.369 e. The summed E-state index contributed by atoms with van der Waals surface area (Å²) in [5.74, 6) is 0.0850. The Labute approximate surface area is 155 Å². The number of aryl methyl sites for hydroxylation is 1. The highest BCUT2D eigenvalue weighted by atomic mass is 16.1. The molecular weight excluding hydrogens is 322 g/mol. The van der Waals surface area contributed by atoms with Crippen LogP contribution in [0.15, 0.2) is 48.5 Å². The van der Waals surface area contributed by atoms with E-state index in [1.807, 2.05) is 18.2 Å². The van der Waals surface area contributed by atoms with Crippen LogP contribution in [0.1, 0.15) is 29.9 Å². The number of fused-ring (bicyclic) bond motifs is 1. The Balaban J connectivity index is 1.42. The van der Waals surface area contributed by atoms with Gasteiger partial charge in [0, 0.05) is 37.6 Å². The lowest BCUT2D eigenvalue weighted by Gasteiger charge is -2.34. The van der Waals surface area contributed by atoms with E-state index in [4.69, 9.17) is 0 Å². The van der Waals surface area contributed by atoms with Crippen molar-refractivity contribution >= 4 is 17.3 Å². The fourth-order valence-corrected chi connectivity index (χ4v) is 4.08. The van der Waals surface area contributed by atoms with Gasteiger partial charge in [0.1, 0.15) is 0 Å². The molecule has 1 N–H and O–H groups in total. The van der Waals surface area contributed by atoms with Crippen molar-refractivity contribution in [3.8, 4) is 0 Å². The summed E-state index contributed by atoms with van der Waals surface area (Å²) in [5, 5.41) is 3.12. The van der Waals surface area contributed by atoms with E-state index in [-0.39, 0.29) is 11.8 Å². The molecule has 1 heterocycles. The number of benzene rings is 2. The Bertz CT molecular complexity index is 763. The Morgan fingerprint density at radius 2 is 1.73 bits per heavy atom. The second-order valence-corrected chi connectivity index (χ2v) is 7.47. The summed E-state index contributed by atoms with van der Waals surface area (Å²) in [6, 6.07) is 16.7. The number of carbonyl (C=O) groups is 1. The van der Waals surface area contributed by atoms with E-state index in [2.05, 4.69) is 52.5 Å². The van der Waals surface area contributed by atoms with Crippen molar-refractivity contribution < 1.29 is 4.79 Å². The number of nitrogens with one attached hydrogen (secondary N) is 1. The number of anilines is 2. The fourth-order valence-electron chi connectivity index (χ4n) is 4.08. The molecule has 26 heavy (non-hydrogen) atoms. The molecule has 2 aromatic rings. The van der Waals surface area contributed by atoms with Crippen molar-refractivity contribution in [1.82, 2.24) is 4.90 Å². The largest absolute Gasteiger partial charge is 0.369 e. The van der Waals surface area contributed by atoms with Gasteiger partial charge in [-0.2, -0.15) is 0 Å². The van der Waals surface area contributed by atoms with E-state index in [0.29, 0.717) is 0 Å². The molecule has 1 aliphatic carbocycles. The van der Waals surface area contributed by atoms with Gasteiger partial charge in [0.25, 0.3) is 0 Å². The highest BCUT2D eigenvalue weighted by Gasteiger charge is 2.26. The molecule has 2 aliphatic rings. The van der Waals surface area contributed by atoms with Crippen molar-refractivity contribution in [3.05, 3.63) is 59.7 Å². The predicted octanol–water partition coefficient (Wildman–Crippen LogP) is 3.50. The average molecular weight is 349 g/mol. The van der Waals surface area contributed by atoms with Gasteiger partial charge >= 0.3 is 0 Å². The maximum Gasteiger partial charge on any atom is 0.231 e. The zero-order valence-corrected chi connectivity index (χ0v) is 15.4. The quantitative estimate of drug-likeness (QED) is 0.921.